The van der Waals surface area contributed by atoms with Crippen LogP contribution in [0.5, 0.6) is 5.75 Å². The summed E-state index contributed by atoms with van der Waals surface area (Å²) in [5.41, 5.74) is 0.853. The van der Waals surface area contributed by atoms with Crippen LogP contribution in [-0.4, -0.2) is 40.4 Å². The first kappa shape index (κ1) is 21.4. The van der Waals surface area contributed by atoms with Crippen LogP contribution in [0.2, 0.25) is 5.02 Å². The minimum absolute atomic E-state index is 0.120. The molecule has 152 valence electrons. The van der Waals surface area contributed by atoms with Crippen molar-refractivity contribution in [2.75, 3.05) is 18.5 Å². The van der Waals surface area contributed by atoms with E-state index in [1.54, 1.807) is 12.1 Å². The lowest BCUT2D eigenvalue weighted by Gasteiger charge is -2.31. The number of halogens is 1. The summed E-state index contributed by atoms with van der Waals surface area (Å²) in [7, 11) is 0. The van der Waals surface area contributed by atoms with Gasteiger partial charge in [-0.25, -0.2) is 0 Å². The van der Waals surface area contributed by atoms with Gasteiger partial charge in [0.25, 0.3) is 0 Å². The van der Waals surface area contributed by atoms with E-state index in [1.807, 2.05) is 73.3 Å². The number of benzene rings is 3. The Morgan fingerprint density at radius 3 is 2.48 bits per heavy atom. The molecule has 3 aromatic carbocycles. The average Bonchev–Trinajstić information content (AvgIpc) is 2.71. The Balaban J connectivity index is 1.61. The number of rotatable bonds is 7. The van der Waals surface area contributed by atoms with Gasteiger partial charge in [0.1, 0.15) is 18.5 Å². The average molecular weight is 429 g/mol. The van der Waals surface area contributed by atoms with Crippen LogP contribution in [0.15, 0.2) is 66.7 Å². The number of nitrogens with zero attached hydrogens (tertiary/aromatic N) is 1. The highest BCUT2D eigenvalue weighted by atomic mass is 35.5. The van der Waals surface area contributed by atoms with Crippen molar-refractivity contribution >= 4 is 45.4 Å². The van der Waals surface area contributed by atoms with E-state index in [9.17, 15) is 5.11 Å². The fourth-order valence-electron chi connectivity index (χ4n) is 3.04. The van der Waals surface area contributed by atoms with Crippen LogP contribution < -0.4 is 10.1 Å². The first-order valence-electron chi connectivity index (χ1n) is 9.56. The molecule has 3 aromatic rings. The molecular weight excluding hydrogens is 404 g/mol. The minimum atomic E-state index is -0.693. The van der Waals surface area contributed by atoms with Crippen molar-refractivity contribution in [1.82, 2.24) is 4.90 Å². The van der Waals surface area contributed by atoms with Crippen molar-refractivity contribution in [3.8, 4) is 5.75 Å². The Bertz CT molecular complexity index is 957. The molecule has 1 unspecified atom stereocenters. The lowest BCUT2D eigenvalue weighted by atomic mass is 10.1. The smallest absolute Gasteiger partial charge is 0.173 e. The summed E-state index contributed by atoms with van der Waals surface area (Å²) < 4.78 is 5.92. The topological polar surface area (TPSA) is 44.7 Å². The highest BCUT2D eigenvalue weighted by Crippen LogP contribution is 2.25. The molecule has 0 heterocycles. The molecule has 6 heteroatoms. The molecule has 0 aliphatic carbocycles. The molecule has 0 saturated carbocycles. The third-order valence-corrected chi connectivity index (χ3v) is 5.16. The zero-order chi connectivity index (χ0) is 20.8. The SMILES string of the molecule is CC(C)N(CC(O)COc1cccc2ccccc12)C(=S)Nc1ccc(Cl)cc1. The molecule has 29 heavy (non-hydrogen) atoms. The first-order chi connectivity index (χ1) is 13.9. The summed E-state index contributed by atoms with van der Waals surface area (Å²) >= 11 is 11.5. The molecule has 1 atom stereocenters. The third-order valence-electron chi connectivity index (χ3n) is 4.57. The van der Waals surface area contributed by atoms with E-state index >= 15 is 0 Å². The second-order valence-electron chi connectivity index (χ2n) is 7.13. The molecule has 0 aliphatic heterocycles. The maximum Gasteiger partial charge on any atom is 0.173 e. The van der Waals surface area contributed by atoms with Gasteiger partial charge < -0.3 is 20.1 Å². The largest absolute Gasteiger partial charge is 0.490 e. The quantitative estimate of drug-likeness (QED) is 0.497. The van der Waals surface area contributed by atoms with Gasteiger partial charge in [-0.2, -0.15) is 0 Å². The van der Waals surface area contributed by atoms with Gasteiger partial charge in [0.05, 0.1) is 0 Å². The second kappa shape index (κ2) is 9.92. The van der Waals surface area contributed by atoms with Crippen LogP contribution in [0.4, 0.5) is 5.69 Å². The first-order valence-corrected chi connectivity index (χ1v) is 10.3. The van der Waals surface area contributed by atoms with Crippen LogP contribution >= 0.6 is 23.8 Å². The van der Waals surface area contributed by atoms with E-state index in [4.69, 9.17) is 28.6 Å². The molecule has 2 N–H and O–H groups in total. The molecule has 0 aromatic heterocycles. The summed E-state index contributed by atoms with van der Waals surface area (Å²) in [6.07, 6.45) is -0.693. The zero-order valence-corrected chi connectivity index (χ0v) is 18.1. The van der Waals surface area contributed by atoms with Gasteiger partial charge in [0.2, 0.25) is 0 Å². The number of aliphatic hydroxyl groups is 1. The summed E-state index contributed by atoms with van der Waals surface area (Å²) in [6, 6.07) is 21.4. The van der Waals surface area contributed by atoms with Gasteiger partial charge in [-0.3, -0.25) is 0 Å². The van der Waals surface area contributed by atoms with Crippen molar-refractivity contribution in [3.63, 3.8) is 0 Å². The molecule has 0 amide bonds. The Labute approximate surface area is 182 Å². The van der Waals surface area contributed by atoms with E-state index in [0.29, 0.717) is 16.7 Å². The molecule has 0 aliphatic rings. The van der Waals surface area contributed by atoms with Gasteiger partial charge in [0, 0.05) is 28.7 Å². The van der Waals surface area contributed by atoms with E-state index in [-0.39, 0.29) is 12.6 Å². The van der Waals surface area contributed by atoms with Crippen molar-refractivity contribution in [3.05, 3.63) is 71.8 Å². The summed E-state index contributed by atoms with van der Waals surface area (Å²) in [5, 5.41) is 17.1. The van der Waals surface area contributed by atoms with Gasteiger partial charge in [-0.1, -0.05) is 48.0 Å². The monoisotopic (exact) mass is 428 g/mol. The van der Waals surface area contributed by atoms with Gasteiger partial charge in [0.15, 0.2) is 5.11 Å². The summed E-state index contributed by atoms with van der Waals surface area (Å²) in [5.74, 6) is 0.764. The predicted octanol–water partition coefficient (Wildman–Crippen LogP) is 5.34. The maximum absolute atomic E-state index is 10.6. The number of fused-ring (bicyclic) bond motifs is 1. The van der Waals surface area contributed by atoms with Gasteiger partial charge >= 0.3 is 0 Å². The molecule has 3 rings (SSSR count). The highest BCUT2D eigenvalue weighted by molar-refractivity contribution is 7.80. The summed E-state index contributed by atoms with van der Waals surface area (Å²) in [6.45, 7) is 4.62. The van der Waals surface area contributed by atoms with Crippen molar-refractivity contribution in [2.45, 2.75) is 26.0 Å². The number of hydrogen-bond acceptors (Lipinski definition) is 3. The second-order valence-corrected chi connectivity index (χ2v) is 7.95. The number of hydrogen-bond donors (Lipinski definition) is 2. The fourth-order valence-corrected chi connectivity index (χ4v) is 3.57. The Morgan fingerprint density at radius 1 is 1.07 bits per heavy atom. The normalized spacial score (nSPS) is 12.0. The van der Waals surface area contributed by atoms with Crippen molar-refractivity contribution in [2.24, 2.45) is 0 Å². The lowest BCUT2D eigenvalue weighted by molar-refractivity contribution is 0.0820. The summed E-state index contributed by atoms with van der Waals surface area (Å²) in [4.78, 5) is 1.95. The Hall–Kier alpha value is -2.34. The number of ether oxygens (including phenoxy) is 1. The number of anilines is 1. The molecule has 0 fully saturated rings. The molecule has 0 radical (unpaired) electrons. The predicted molar refractivity (Wildman–Crippen MR) is 125 cm³/mol. The van der Waals surface area contributed by atoms with Crippen LogP contribution in [-0.2, 0) is 0 Å². The molecule has 0 bridgehead atoms. The number of thiocarbonyl (C=S) groups is 1. The van der Waals surface area contributed by atoms with E-state index in [2.05, 4.69) is 5.32 Å². The van der Waals surface area contributed by atoms with E-state index in [1.165, 1.54) is 0 Å². The van der Waals surface area contributed by atoms with E-state index < -0.39 is 6.10 Å². The van der Waals surface area contributed by atoms with E-state index in [0.717, 1.165) is 22.2 Å². The van der Waals surface area contributed by atoms with Crippen LogP contribution in [0.1, 0.15) is 13.8 Å². The van der Waals surface area contributed by atoms with Gasteiger partial charge in [-0.15, -0.1) is 0 Å². The Morgan fingerprint density at radius 2 is 1.76 bits per heavy atom. The Kier molecular flexibility index (Phi) is 7.31. The van der Waals surface area contributed by atoms with Crippen molar-refractivity contribution in [1.29, 1.82) is 0 Å². The van der Waals surface area contributed by atoms with Gasteiger partial charge in [-0.05, 0) is 61.8 Å². The maximum atomic E-state index is 10.6. The van der Waals surface area contributed by atoms with Crippen LogP contribution in [0.3, 0.4) is 0 Å². The zero-order valence-electron chi connectivity index (χ0n) is 16.5. The van der Waals surface area contributed by atoms with Crippen LogP contribution in [0.25, 0.3) is 10.8 Å². The third kappa shape index (κ3) is 5.82. The molecule has 0 spiro atoms. The number of aliphatic hydroxyl groups excluding tert-OH is 1. The minimum Gasteiger partial charge on any atom is -0.490 e. The highest BCUT2D eigenvalue weighted by Gasteiger charge is 2.19. The molecule has 0 saturated heterocycles. The standard InChI is InChI=1S/C23H25ClN2O2S/c1-16(2)26(23(29)25-19-12-10-18(24)11-13-19)14-20(27)15-28-22-9-5-7-17-6-3-4-8-21(17)22/h3-13,16,20,27H,14-15H2,1-2H3,(H,25,29). The molecule has 4 nitrogen and oxygen atoms in total. The lowest BCUT2D eigenvalue weighted by Crippen LogP contribution is -2.45. The fraction of sp³-hybridized carbons (Fsp3) is 0.261. The van der Waals surface area contributed by atoms with Crippen molar-refractivity contribution < 1.29 is 9.84 Å². The molecular formula is C23H25ClN2O2S. The number of nitrogens with one attached hydrogen (secondary N) is 1. The van der Waals surface area contributed by atoms with Crippen LogP contribution in [0, 0.1) is 0 Å².